The Bertz CT molecular complexity index is 688. The van der Waals surface area contributed by atoms with Gasteiger partial charge in [-0.25, -0.2) is 9.78 Å². The van der Waals surface area contributed by atoms with E-state index in [0.717, 1.165) is 6.07 Å². The number of halogens is 5. The van der Waals surface area contributed by atoms with Gasteiger partial charge in [-0.2, -0.15) is 13.2 Å². The highest BCUT2D eigenvalue weighted by Crippen LogP contribution is 2.40. The van der Waals surface area contributed by atoms with Crippen molar-refractivity contribution in [1.29, 1.82) is 0 Å². The summed E-state index contributed by atoms with van der Waals surface area (Å²) in [7, 11) is 0. The lowest BCUT2D eigenvalue weighted by molar-refractivity contribution is -0.136. The number of alkyl halides is 3. The van der Waals surface area contributed by atoms with Crippen LogP contribution in [0.2, 0.25) is 5.02 Å². The first kappa shape index (κ1) is 14.1. The minimum absolute atomic E-state index is 0.0145. The number of fused-ring (bicyclic) bond motifs is 1. The van der Waals surface area contributed by atoms with Crippen LogP contribution in [-0.2, 0) is 6.18 Å². The summed E-state index contributed by atoms with van der Waals surface area (Å²) >= 11 is 8.53. The number of pyridine rings is 1. The fourth-order valence-corrected chi connectivity index (χ4v) is 2.47. The molecule has 0 saturated carbocycles. The van der Waals surface area contributed by atoms with Crippen LogP contribution in [0.15, 0.2) is 22.8 Å². The third kappa shape index (κ3) is 2.40. The summed E-state index contributed by atoms with van der Waals surface area (Å²) in [6.07, 6.45) is -4.83. The van der Waals surface area contributed by atoms with E-state index in [1.807, 2.05) is 0 Å². The quantitative estimate of drug-likeness (QED) is 0.774. The number of benzene rings is 1. The summed E-state index contributed by atoms with van der Waals surface area (Å²) in [4.78, 5) is 14.8. The number of hydrogen-bond acceptors (Lipinski definition) is 2. The van der Waals surface area contributed by atoms with Gasteiger partial charge in [0.15, 0.2) is 0 Å². The number of carboxylic acids is 1. The van der Waals surface area contributed by atoms with Crippen molar-refractivity contribution in [2.75, 3.05) is 0 Å². The molecule has 0 aliphatic carbocycles. The van der Waals surface area contributed by atoms with Gasteiger partial charge in [0.1, 0.15) is 10.2 Å². The first-order chi connectivity index (χ1) is 8.73. The number of aromatic nitrogens is 1. The van der Waals surface area contributed by atoms with Crippen LogP contribution in [0, 0.1) is 0 Å². The van der Waals surface area contributed by atoms with Gasteiger partial charge in [-0.15, -0.1) is 0 Å². The maximum Gasteiger partial charge on any atom is 0.418 e. The zero-order valence-electron chi connectivity index (χ0n) is 8.92. The molecule has 3 nitrogen and oxygen atoms in total. The van der Waals surface area contributed by atoms with Gasteiger partial charge in [0, 0.05) is 5.39 Å². The van der Waals surface area contributed by atoms with Gasteiger partial charge >= 0.3 is 12.1 Å². The van der Waals surface area contributed by atoms with Crippen LogP contribution < -0.4 is 0 Å². The van der Waals surface area contributed by atoms with E-state index in [0.29, 0.717) is 0 Å². The average molecular weight is 355 g/mol. The molecule has 0 spiro atoms. The number of rotatable bonds is 1. The minimum atomic E-state index is -4.83. The van der Waals surface area contributed by atoms with Crippen LogP contribution in [0.3, 0.4) is 0 Å². The second-order valence-corrected chi connectivity index (χ2v) is 4.75. The topological polar surface area (TPSA) is 50.2 Å². The SMILES string of the molecule is O=C(O)c1c(Br)nc2c(Cl)cccc2c1C(F)(F)F. The van der Waals surface area contributed by atoms with Gasteiger partial charge in [0.05, 0.1) is 16.1 Å². The number of aromatic carboxylic acids is 1. The van der Waals surface area contributed by atoms with Crippen molar-refractivity contribution in [2.45, 2.75) is 6.18 Å². The maximum absolute atomic E-state index is 13.1. The molecule has 0 saturated heterocycles. The minimum Gasteiger partial charge on any atom is -0.478 e. The standard InChI is InChI=1S/C11H4BrClF3NO2/c12-9-6(10(18)19)7(11(14,15)16)4-2-1-3-5(13)8(4)17-9/h1-3H,(H,18,19). The second kappa shape index (κ2) is 4.64. The van der Waals surface area contributed by atoms with Crippen molar-refractivity contribution in [3.8, 4) is 0 Å². The van der Waals surface area contributed by atoms with Crippen LogP contribution in [0.4, 0.5) is 13.2 Å². The van der Waals surface area contributed by atoms with Crippen molar-refractivity contribution < 1.29 is 23.1 Å². The number of carboxylic acid groups (broad SMARTS) is 1. The van der Waals surface area contributed by atoms with Gasteiger partial charge < -0.3 is 5.11 Å². The molecule has 2 rings (SSSR count). The predicted molar refractivity (Wildman–Crippen MR) is 66.4 cm³/mol. The summed E-state index contributed by atoms with van der Waals surface area (Å²) in [6, 6.07) is 3.82. The molecular formula is C11H4BrClF3NO2. The molecule has 8 heteroatoms. The highest BCUT2D eigenvalue weighted by Gasteiger charge is 2.39. The summed E-state index contributed by atoms with van der Waals surface area (Å²) in [5.74, 6) is -1.71. The molecule has 1 aromatic carbocycles. The van der Waals surface area contributed by atoms with E-state index in [9.17, 15) is 18.0 Å². The van der Waals surface area contributed by atoms with Crippen molar-refractivity contribution >= 4 is 44.4 Å². The normalized spacial score (nSPS) is 11.8. The van der Waals surface area contributed by atoms with Gasteiger partial charge in [0.25, 0.3) is 0 Å². The van der Waals surface area contributed by atoms with E-state index in [1.165, 1.54) is 12.1 Å². The largest absolute Gasteiger partial charge is 0.478 e. The molecule has 2 aromatic rings. The fourth-order valence-electron chi connectivity index (χ4n) is 1.71. The monoisotopic (exact) mass is 353 g/mol. The molecule has 0 unspecified atom stereocenters. The Morgan fingerprint density at radius 3 is 2.53 bits per heavy atom. The molecule has 0 fully saturated rings. The van der Waals surface area contributed by atoms with Gasteiger partial charge in [0.2, 0.25) is 0 Å². The van der Waals surface area contributed by atoms with E-state index in [2.05, 4.69) is 20.9 Å². The molecule has 1 heterocycles. The lowest BCUT2D eigenvalue weighted by Gasteiger charge is -2.15. The lowest BCUT2D eigenvalue weighted by atomic mass is 10.0. The van der Waals surface area contributed by atoms with Gasteiger partial charge in [-0.3, -0.25) is 0 Å². The van der Waals surface area contributed by atoms with Crippen molar-refractivity contribution in [2.24, 2.45) is 0 Å². The molecule has 0 amide bonds. The van der Waals surface area contributed by atoms with E-state index in [-0.39, 0.29) is 15.9 Å². The van der Waals surface area contributed by atoms with Gasteiger partial charge in [-0.1, -0.05) is 23.7 Å². The molecule has 0 aliphatic rings. The van der Waals surface area contributed by atoms with Crippen LogP contribution in [0.5, 0.6) is 0 Å². The second-order valence-electron chi connectivity index (χ2n) is 3.59. The zero-order chi connectivity index (χ0) is 14.4. The summed E-state index contributed by atoms with van der Waals surface area (Å²) < 4.78 is 38.9. The first-order valence-corrected chi connectivity index (χ1v) is 5.98. The number of para-hydroxylation sites is 1. The highest BCUT2D eigenvalue weighted by molar-refractivity contribution is 9.10. The Kier molecular flexibility index (Phi) is 3.44. The van der Waals surface area contributed by atoms with Crippen LogP contribution in [0.1, 0.15) is 15.9 Å². The zero-order valence-corrected chi connectivity index (χ0v) is 11.3. The van der Waals surface area contributed by atoms with Crippen molar-refractivity contribution in [3.63, 3.8) is 0 Å². The molecule has 1 N–H and O–H groups in total. The highest BCUT2D eigenvalue weighted by atomic mass is 79.9. The lowest BCUT2D eigenvalue weighted by Crippen LogP contribution is -2.15. The third-order valence-corrected chi connectivity index (χ3v) is 3.30. The molecule has 100 valence electrons. The fraction of sp³-hybridized carbons (Fsp3) is 0.0909. The smallest absolute Gasteiger partial charge is 0.418 e. The molecule has 0 aliphatic heterocycles. The predicted octanol–water partition coefficient (Wildman–Crippen LogP) is 4.37. The first-order valence-electron chi connectivity index (χ1n) is 4.81. The molecule has 0 atom stereocenters. The number of hydrogen-bond donors (Lipinski definition) is 1. The Labute approximate surface area is 118 Å². The number of nitrogens with zero attached hydrogens (tertiary/aromatic N) is 1. The maximum atomic E-state index is 13.1. The van der Waals surface area contributed by atoms with Crippen molar-refractivity contribution in [1.82, 2.24) is 4.98 Å². The number of carbonyl (C=O) groups is 1. The third-order valence-electron chi connectivity index (χ3n) is 2.42. The average Bonchev–Trinajstić information content (AvgIpc) is 2.27. The molecule has 1 aromatic heterocycles. The molecule has 0 bridgehead atoms. The summed E-state index contributed by atoms with van der Waals surface area (Å²) in [6.45, 7) is 0. The Hall–Kier alpha value is -1.34. The Morgan fingerprint density at radius 1 is 1.37 bits per heavy atom. The molecule has 0 radical (unpaired) electrons. The Balaban J connectivity index is 3.05. The van der Waals surface area contributed by atoms with Crippen molar-refractivity contribution in [3.05, 3.63) is 39.0 Å². The Morgan fingerprint density at radius 2 is 2.00 bits per heavy atom. The molecule has 19 heavy (non-hydrogen) atoms. The van der Waals surface area contributed by atoms with E-state index < -0.39 is 27.9 Å². The van der Waals surface area contributed by atoms with E-state index in [1.54, 1.807) is 0 Å². The summed E-state index contributed by atoms with van der Waals surface area (Å²) in [5.41, 5.74) is -2.30. The molecular weight excluding hydrogens is 350 g/mol. The van der Waals surface area contributed by atoms with Crippen LogP contribution >= 0.6 is 27.5 Å². The van der Waals surface area contributed by atoms with Crippen LogP contribution in [0.25, 0.3) is 10.9 Å². The van der Waals surface area contributed by atoms with E-state index in [4.69, 9.17) is 16.7 Å². The van der Waals surface area contributed by atoms with E-state index >= 15 is 0 Å². The van der Waals surface area contributed by atoms with Crippen LogP contribution in [-0.4, -0.2) is 16.1 Å². The van der Waals surface area contributed by atoms with Gasteiger partial charge in [-0.05, 0) is 22.0 Å². The summed E-state index contributed by atoms with van der Waals surface area (Å²) in [5, 5.41) is 8.60.